The summed E-state index contributed by atoms with van der Waals surface area (Å²) in [7, 11) is 1.64. The maximum atomic E-state index is 12.0. The summed E-state index contributed by atoms with van der Waals surface area (Å²) >= 11 is 2.91. The zero-order valence-electron chi connectivity index (χ0n) is 14.7. The van der Waals surface area contributed by atoms with Gasteiger partial charge in [0.05, 0.1) is 7.11 Å². The third kappa shape index (κ3) is 6.22. The Hall–Kier alpha value is -2.65. The van der Waals surface area contributed by atoms with Crippen LogP contribution >= 0.6 is 23.1 Å². The number of pyridine rings is 1. The molecule has 2 heterocycles. The van der Waals surface area contributed by atoms with Gasteiger partial charge in [-0.15, -0.1) is 10.2 Å². The summed E-state index contributed by atoms with van der Waals surface area (Å²) in [4.78, 5) is 16.1. The molecule has 0 aliphatic rings. The highest BCUT2D eigenvalue weighted by atomic mass is 32.2. The third-order valence-corrected chi connectivity index (χ3v) is 5.61. The SMILES string of the molecule is COc1ccc(CCNC(=O)Nc2nnc(SCc3cccnc3)s2)cc1. The van der Waals surface area contributed by atoms with Crippen LogP contribution in [0.15, 0.2) is 53.1 Å². The fourth-order valence-corrected chi connectivity index (χ4v) is 3.88. The van der Waals surface area contributed by atoms with Gasteiger partial charge in [0.25, 0.3) is 0 Å². The van der Waals surface area contributed by atoms with Gasteiger partial charge in [0.1, 0.15) is 5.75 Å². The summed E-state index contributed by atoms with van der Waals surface area (Å²) in [6.45, 7) is 0.527. The van der Waals surface area contributed by atoms with Crippen molar-refractivity contribution in [2.45, 2.75) is 16.5 Å². The molecule has 0 unspecified atom stereocenters. The summed E-state index contributed by atoms with van der Waals surface area (Å²) in [6.07, 6.45) is 4.30. The predicted molar refractivity (Wildman–Crippen MR) is 107 cm³/mol. The molecule has 1 aromatic carbocycles. The van der Waals surface area contributed by atoms with E-state index < -0.39 is 0 Å². The predicted octanol–water partition coefficient (Wildman–Crippen LogP) is 3.60. The molecule has 7 nitrogen and oxygen atoms in total. The molecule has 3 rings (SSSR count). The van der Waals surface area contributed by atoms with E-state index in [-0.39, 0.29) is 6.03 Å². The number of thioether (sulfide) groups is 1. The summed E-state index contributed by atoms with van der Waals surface area (Å²) < 4.78 is 5.92. The Morgan fingerprint density at radius 3 is 2.78 bits per heavy atom. The van der Waals surface area contributed by atoms with Gasteiger partial charge in [-0.1, -0.05) is 41.3 Å². The lowest BCUT2D eigenvalue weighted by atomic mass is 10.1. The standard InChI is InChI=1S/C18H19N5O2S2/c1-25-15-6-4-13(5-7-15)8-10-20-16(24)21-17-22-23-18(27-17)26-12-14-3-2-9-19-11-14/h2-7,9,11H,8,10,12H2,1H3,(H2,20,21,22,24). The van der Waals surface area contributed by atoms with Crippen LogP contribution in [0, 0.1) is 0 Å². The summed E-state index contributed by atoms with van der Waals surface area (Å²) in [5, 5.41) is 14.1. The minimum atomic E-state index is -0.288. The number of ether oxygens (including phenoxy) is 1. The van der Waals surface area contributed by atoms with E-state index in [1.165, 1.54) is 11.3 Å². The minimum Gasteiger partial charge on any atom is -0.497 e. The zero-order valence-corrected chi connectivity index (χ0v) is 16.3. The van der Waals surface area contributed by atoms with Crippen LogP contribution in [0.1, 0.15) is 11.1 Å². The number of amides is 2. The molecule has 0 aliphatic carbocycles. The number of hydrogen-bond donors (Lipinski definition) is 2. The molecule has 2 amide bonds. The number of carbonyl (C=O) groups excluding carboxylic acids is 1. The van der Waals surface area contributed by atoms with Crippen molar-refractivity contribution in [2.75, 3.05) is 19.0 Å². The number of rotatable bonds is 8. The number of urea groups is 1. The Labute approximate surface area is 165 Å². The molecule has 2 N–H and O–H groups in total. The average Bonchev–Trinajstić information content (AvgIpc) is 3.15. The second-order valence-electron chi connectivity index (χ2n) is 5.50. The van der Waals surface area contributed by atoms with Crippen LogP contribution in [0.4, 0.5) is 9.93 Å². The molecule has 27 heavy (non-hydrogen) atoms. The number of carbonyl (C=O) groups is 1. The highest BCUT2D eigenvalue weighted by molar-refractivity contribution is 8.00. The quantitative estimate of drug-likeness (QED) is 0.443. The number of aromatic nitrogens is 3. The number of anilines is 1. The highest BCUT2D eigenvalue weighted by Crippen LogP contribution is 2.27. The van der Waals surface area contributed by atoms with E-state index in [0.29, 0.717) is 11.7 Å². The van der Waals surface area contributed by atoms with Gasteiger partial charge < -0.3 is 10.1 Å². The summed E-state index contributed by atoms with van der Waals surface area (Å²) in [6, 6.07) is 11.4. The smallest absolute Gasteiger partial charge is 0.321 e. The molecular weight excluding hydrogens is 382 g/mol. The van der Waals surface area contributed by atoms with E-state index in [4.69, 9.17) is 4.74 Å². The minimum absolute atomic E-state index is 0.288. The van der Waals surface area contributed by atoms with Crippen molar-refractivity contribution in [1.29, 1.82) is 0 Å². The van der Waals surface area contributed by atoms with Crippen molar-refractivity contribution in [1.82, 2.24) is 20.5 Å². The molecule has 0 spiro atoms. The molecule has 9 heteroatoms. The van der Waals surface area contributed by atoms with E-state index in [1.54, 1.807) is 25.1 Å². The monoisotopic (exact) mass is 401 g/mol. The van der Waals surface area contributed by atoms with Crippen molar-refractivity contribution < 1.29 is 9.53 Å². The molecule has 140 valence electrons. The molecule has 0 aliphatic heterocycles. The van der Waals surface area contributed by atoms with Crippen molar-refractivity contribution in [2.24, 2.45) is 0 Å². The molecule has 0 fully saturated rings. The molecule has 0 atom stereocenters. The first-order valence-electron chi connectivity index (χ1n) is 8.26. The van der Waals surface area contributed by atoms with Crippen LogP contribution in [0.5, 0.6) is 5.75 Å². The Morgan fingerprint density at radius 2 is 2.04 bits per heavy atom. The third-order valence-electron chi connectivity index (χ3n) is 3.57. The van der Waals surface area contributed by atoms with Crippen LogP contribution in [0.2, 0.25) is 0 Å². The van der Waals surface area contributed by atoms with Gasteiger partial charge in [-0.2, -0.15) is 0 Å². The van der Waals surface area contributed by atoms with Crippen molar-refractivity contribution in [3.8, 4) is 5.75 Å². The number of methoxy groups -OCH3 is 1. The van der Waals surface area contributed by atoms with Gasteiger partial charge in [0.2, 0.25) is 5.13 Å². The van der Waals surface area contributed by atoms with E-state index in [2.05, 4.69) is 25.8 Å². The van der Waals surface area contributed by atoms with Gasteiger partial charge in [0, 0.05) is 24.7 Å². The number of nitrogens with zero attached hydrogens (tertiary/aromatic N) is 3. The lowest BCUT2D eigenvalue weighted by Gasteiger charge is -2.06. The van der Waals surface area contributed by atoms with Gasteiger partial charge in [-0.25, -0.2) is 4.79 Å². The van der Waals surface area contributed by atoms with Crippen molar-refractivity contribution >= 4 is 34.3 Å². The largest absolute Gasteiger partial charge is 0.497 e. The first-order valence-corrected chi connectivity index (χ1v) is 10.1. The van der Waals surface area contributed by atoms with Crippen molar-refractivity contribution in [3.05, 3.63) is 59.9 Å². The number of benzene rings is 1. The second-order valence-corrected chi connectivity index (χ2v) is 7.70. The Kier molecular flexibility index (Phi) is 7.00. The maximum Gasteiger partial charge on any atom is 0.321 e. The van der Waals surface area contributed by atoms with E-state index in [1.807, 2.05) is 42.6 Å². The van der Waals surface area contributed by atoms with Crippen LogP contribution in [0.25, 0.3) is 0 Å². The van der Waals surface area contributed by atoms with E-state index in [0.717, 1.165) is 33.4 Å². The van der Waals surface area contributed by atoms with Crippen LogP contribution in [-0.4, -0.2) is 34.9 Å². The topological polar surface area (TPSA) is 89.0 Å². The van der Waals surface area contributed by atoms with Crippen molar-refractivity contribution in [3.63, 3.8) is 0 Å². The van der Waals surface area contributed by atoms with Gasteiger partial charge in [-0.3, -0.25) is 10.3 Å². The average molecular weight is 402 g/mol. The van der Waals surface area contributed by atoms with Gasteiger partial charge in [0.15, 0.2) is 4.34 Å². The Balaban J connectivity index is 1.39. The molecule has 0 bridgehead atoms. The lowest BCUT2D eigenvalue weighted by Crippen LogP contribution is -2.30. The van der Waals surface area contributed by atoms with Gasteiger partial charge in [-0.05, 0) is 35.7 Å². The highest BCUT2D eigenvalue weighted by Gasteiger charge is 2.08. The number of nitrogens with one attached hydrogen (secondary N) is 2. The Bertz CT molecular complexity index is 856. The van der Waals surface area contributed by atoms with Gasteiger partial charge >= 0.3 is 6.03 Å². The zero-order chi connectivity index (χ0) is 18.9. The normalized spacial score (nSPS) is 10.4. The molecule has 2 aromatic heterocycles. The molecular formula is C18H19N5O2S2. The molecule has 0 radical (unpaired) electrons. The lowest BCUT2D eigenvalue weighted by molar-refractivity contribution is 0.252. The Morgan fingerprint density at radius 1 is 1.19 bits per heavy atom. The first-order chi connectivity index (χ1) is 13.2. The summed E-state index contributed by atoms with van der Waals surface area (Å²) in [5.41, 5.74) is 2.24. The fraction of sp³-hybridized carbons (Fsp3) is 0.222. The van der Waals surface area contributed by atoms with Crippen LogP contribution < -0.4 is 15.4 Å². The van der Waals surface area contributed by atoms with E-state index >= 15 is 0 Å². The van der Waals surface area contributed by atoms with Crippen LogP contribution in [0.3, 0.4) is 0 Å². The molecule has 0 saturated heterocycles. The molecule has 0 saturated carbocycles. The molecule has 3 aromatic rings. The first kappa shape index (κ1) is 19.1. The summed E-state index contributed by atoms with van der Waals surface area (Å²) in [5.74, 6) is 1.58. The van der Waals surface area contributed by atoms with E-state index in [9.17, 15) is 4.79 Å². The maximum absolute atomic E-state index is 12.0. The second kappa shape index (κ2) is 9.89. The number of hydrogen-bond acceptors (Lipinski definition) is 7. The van der Waals surface area contributed by atoms with Crippen LogP contribution in [-0.2, 0) is 12.2 Å². The fourth-order valence-electron chi connectivity index (χ4n) is 2.20.